The Bertz CT molecular complexity index is 636. The van der Waals surface area contributed by atoms with Crippen LogP contribution in [0.2, 0.25) is 0 Å². The van der Waals surface area contributed by atoms with E-state index in [2.05, 4.69) is 11.9 Å². The Balaban J connectivity index is 3.13. The minimum Gasteiger partial charge on any atom is -0.503 e. The molecule has 134 valence electrons. The summed E-state index contributed by atoms with van der Waals surface area (Å²) in [5.74, 6) is -0.939. The normalized spacial score (nSPS) is 11.4. The van der Waals surface area contributed by atoms with Crippen LogP contribution in [0, 0.1) is 0 Å². The maximum absolute atomic E-state index is 11.7. The van der Waals surface area contributed by atoms with Gasteiger partial charge in [-0.15, -0.1) is 6.58 Å². The predicted octanol–water partition coefficient (Wildman–Crippen LogP) is 2.80. The van der Waals surface area contributed by atoms with E-state index >= 15 is 0 Å². The summed E-state index contributed by atoms with van der Waals surface area (Å²) in [6.45, 7) is 7.57. The molecule has 0 atom stereocenters. The van der Waals surface area contributed by atoms with Gasteiger partial charge in [0.2, 0.25) is 5.91 Å². The van der Waals surface area contributed by atoms with Gasteiger partial charge < -0.3 is 24.9 Å². The number of phenolic OH excluding ortho intramolecular Hbond substituents is 1. The third-order valence-electron chi connectivity index (χ3n) is 3.34. The Morgan fingerprint density at radius 2 is 2.00 bits per heavy atom. The molecular formula is C16H24NO6P. The van der Waals surface area contributed by atoms with Crippen LogP contribution in [0.5, 0.6) is 11.5 Å². The molecule has 1 aromatic rings. The van der Waals surface area contributed by atoms with Crippen LogP contribution in [0.15, 0.2) is 24.8 Å². The molecule has 0 aliphatic carbocycles. The summed E-state index contributed by atoms with van der Waals surface area (Å²) in [6.07, 6.45) is 2.60. The number of nitrogens with one attached hydrogen (secondary N) is 1. The van der Waals surface area contributed by atoms with Crippen molar-refractivity contribution in [1.82, 2.24) is 0 Å². The molecule has 1 aromatic carbocycles. The largest absolute Gasteiger partial charge is 0.503 e. The Morgan fingerprint density at radius 3 is 2.50 bits per heavy atom. The van der Waals surface area contributed by atoms with Gasteiger partial charge in [0.05, 0.1) is 11.8 Å². The first-order chi connectivity index (χ1) is 11.2. The van der Waals surface area contributed by atoms with Crippen LogP contribution in [0.25, 0.3) is 0 Å². The molecule has 0 radical (unpaired) electrons. The average molecular weight is 357 g/mol. The van der Waals surface area contributed by atoms with Gasteiger partial charge in [-0.2, -0.15) is 0 Å². The average Bonchev–Trinajstić information content (AvgIpc) is 2.47. The fraction of sp³-hybridized carbons (Fsp3) is 0.438. The summed E-state index contributed by atoms with van der Waals surface area (Å²) >= 11 is 0. The topological polar surface area (TPSA) is 116 Å². The van der Waals surface area contributed by atoms with Crippen molar-refractivity contribution >= 4 is 19.2 Å². The van der Waals surface area contributed by atoms with E-state index in [1.165, 1.54) is 6.07 Å². The molecule has 0 aliphatic rings. The van der Waals surface area contributed by atoms with Crippen molar-refractivity contribution < 1.29 is 29.0 Å². The SMILES string of the molecule is C=CCc1cc(NC(=O)CP(=O)(O)O)c(O)c(OC(CC)CC)c1. The zero-order valence-electron chi connectivity index (χ0n) is 13.9. The molecule has 0 saturated carbocycles. The smallest absolute Gasteiger partial charge is 0.334 e. The summed E-state index contributed by atoms with van der Waals surface area (Å²) in [7, 11) is -4.48. The lowest BCUT2D eigenvalue weighted by atomic mass is 10.1. The van der Waals surface area contributed by atoms with Crippen LogP contribution < -0.4 is 10.1 Å². The van der Waals surface area contributed by atoms with Crippen LogP contribution in [-0.2, 0) is 15.8 Å². The maximum atomic E-state index is 11.7. The van der Waals surface area contributed by atoms with Crippen molar-refractivity contribution in [1.29, 1.82) is 0 Å². The standard InChI is InChI=1S/C16H24NO6P/c1-4-7-11-8-13(17-15(18)10-24(20,21)22)16(19)14(9-11)23-12(5-2)6-3/h4,8-9,12,19H,1,5-7,10H2,2-3H3,(H,17,18)(H2,20,21,22). The number of hydrogen-bond acceptors (Lipinski definition) is 4. The number of phenols is 1. The molecule has 0 fully saturated rings. The highest BCUT2D eigenvalue weighted by Gasteiger charge is 2.21. The van der Waals surface area contributed by atoms with Crippen LogP contribution in [0.1, 0.15) is 32.3 Å². The van der Waals surface area contributed by atoms with E-state index < -0.39 is 19.7 Å². The van der Waals surface area contributed by atoms with E-state index in [9.17, 15) is 14.5 Å². The first-order valence-electron chi connectivity index (χ1n) is 7.68. The molecule has 0 spiro atoms. The van der Waals surface area contributed by atoms with Gasteiger partial charge in [-0.3, -0.25) is 9.36 Å². The Labute approximate surface area is 141 Å². The molecule has 0 saturated heterocycles. The molecule has 0 unspecified atom stereocenters. The summed E-state index contributed by atoms with van der Waals surface area (Å²) in [5.41, 5.74) is 0.795. The zero-order valence-corrected chi connectivity index (χ0v) is 14.8. The first kappa shape index (κ1) is 20.2. The summed E-state index contributed by atoms with van der Waals surface area (Å²) in [6, 6.07) is 3.18. The molecule has 1 amide bonds. The van der Waals surface area contributed by atoms with Gasteiger partial charge >= 0.3 is 7.60 Å². The first-order valence-corrected chi connectivity index (χ1v) is 9.47. The van der Waals surface area contributed by atoms with Gasteiger partial charge in [-0.1, -0.05) is 19.9 Å². The minimum atomic E-state index is -4.48. The minimum absolute atomic E-state index is 0.0498. The molecule has 0 aromatic heterocycles. The van der Waals surface area contributed by atoms with Crippen molar-refractivity contribution in [3.05, 3.63) is 30.4 Å². The van der Waals surface area contributed by atoms with E-state index in [0.29, 0.717) is 6.42 Å². The Kier molecular flexibility index (Phi) is 7.48. The molecule has 24 heavy (non-hydrogen) atoms. The van der Waals surface area contributed by atoms with Crippen molar-refractivity contribution in [2.24, 2.45) is 0 Å². The van der Waals surface area contributed by atoms with Crippen LogP contribution in [0.3, 0.4) is 0 Å². The van der Waals surface area contributed by atoms with Crippen molar-refractivity contribution in [2.45, 2.75) is 39.2 Å². The number of rotatable bonds is 9. The molecule has 0 heterocycles. The van der Waals surface area contributed by atoms with E-state index in [1.54, 1.807) is 12.1 Å². The predicted molar refractivity (Wildman–Crippen MR) is 92.5 cm³/mol. The second-order valence-electron chi connectivity index (χ2n) is 5.41. The lowest BCUT2D eigenvalue weighted by molar-refractivity contribution is -0.114. The number of aromatic hydroxyl groups is 1. The summed E-state index contributed by atoms with van der Waals surface area (Å²) in [5, 5.41) is 12.6. The Hall–Kier alpha value is -1.82. The maximum Gasteiger partial charge on any atom is 0.334 e. The summed E-state index contributed by atoms with van der Waals surface area (Å²) in [4.78, 5) is 29.4. The number of amides is 1. The van der Waals surface area contributed by atoms with E-state index in [-0.39, 0.29) is 23.3 Å². The number of carbonyl (C=O) groups is 1. The third-order valence-corrected chi connectivity index (χ3v) is 4.04. The van der Waals surface area contributed by atoms with Gasteiger partial charge in [0.25, 0.3) is 0 Å². The molecule has 7 nitrogen and oxygen atoms in total. The van der Waals surface area contributed by atoms with Crippen LogP contribution >= 0.6 is 7.60 Å². The number of carbonyl (C=O) groups excluding carboxylic acids is 1. The van der Waals surface area contributed by atoms with Gasteiger partial charge in [0.1, 0.15) is 6.16 Å². The van der Waals surface area contributed by atoms with Gasteiger partial charge in [0, 0.05) is 0 Å². The molecule has 8 heteroatoms. The number of benzene rings is 1. The molecule has 0 aliphatic heterocycles. The number of hydrogen-bond donors (Lipinski definition) is 4. The number of allylic oxidation sites excluding steroid dienone is 1. The second-order valence-corrected chi connectivity index (χ2v) is 7.06. The Morgan fingerprint density at radius 1 is 1.38 bits per heavy atom. The van der Waals surface area contributed by atoms with Crippen LogP contribution in [0.4, 0.5) is 5.69 Å². The lowest BCUT2D eigenvalue weighted by Gasteiger charge is -2.19. The highest BCUT2D eigenvalue weighted by atomic mass is 31.2. The lowest BCUT2D eigenvalue weighted by Crippen LogP contribution is -2.17. The molecular weight excluding hydrogens is 333 g/mol. The third kappa shape index (κ3) is 6.35. The molecule has 4 N–H and O–H groups in total. The highest BCUT2D eigenvalue weighted by molar-refractivity contribution is 7.52. The highest BCUT2D eigenvalue weighted by Crippen LogP contribution is 2.38. The van der Waals surface area contributed by atoms with Crippen molar-refractivity contribution in [2.75, 3.05) is 11.5 Å². The van der Waals surface area contributed by atoms with Gasteiger partial charge in [-0.05, 0) is 37.0 Å². The van der Waals surface area contributed by atoms with E-state index in [0.717, 1.165) is 18.4 Å². The van der Waals surface area contributed by atoms with E-state index in [1.807, 2.05) is 13.8 Å². The number of anilines is 1. The summed E-state index contributed by atoms with van der Waals surface area (Å²) < 4.78 is 16.7. The monoisotopic (exact) mass is 357 g/mol. The van der Waals surface area contributed by atoms with Crippen molar-refractivity contribution in [3.63, 3.8) is 0 Å². The van der Waals surface area contributed by atoms with Gasteiger partial charge in [0.15, 0.2) is 11.5 Å². The fourth-order valence-corrected chi connectivity index (χ4v) is 2.60. The van der Waals surface area contributed by atoms with Crippen LogP contribution in [-0.4, -0.2) is 33.1 Å². The molecule has 0 bridgehead atoms. The van der Waals surface area contributed by atoms with E-state index in [4.69, 9.17) is 14.5 Å². The number of ether oxygens (including phenoxy) is 1. The zero-order chi connectivity index (χ0) is 18.3. The quantitative estimate of drug-likeness (QED) is 0.307. The van der Waals surface area contributed by atoms with Crippen molar-refractivity contribution in [3.8, 4) is 11.5 Å². The van der Waals surface area contributed by atoms with Gasteiger partial charge in [-0.25, -0.2) is 0 Å². The second kappa shape index (κ2) is 8.87. The fourth-order valence-electron chi connectivity index (χ4n) is 2.15. The molecule has 1 rings (SSSR count).